The molecule has 216 valence electrons. The monoisotopic (exact) mass is 557 g/mol. The van der Waals surface area contributed by atoms with E-state index in [1.165, 1.54) is 0 Å². The number of aromatic hydroxyl groups is 1. The quantitative estimate of drug-likeness (QED) is 0.316. The molecular formula is C30H47N5O3S. The van der Waals surface area contributed by atoms with Crippen LogP contribution in [0.4, 0.5) is 11.8 Å². The average Bonchev–Trinajstić information content (AvgIpc) is 3.70. The second-order valence-corrected chi connectivity index (χ2v) is 11.3. The number of anilines is 2. The Morgan fingerprint density at radius 1 is 1.18 bits per heavy atom. The minimum atomic E-state index is -0.471. The smallest absolute Gasteiger partial charge is 0.239 e. The molecule has 2 atom stereocenters. The van der Waals surface area contributed by atoms with Crippen LogP contribution < -0.4 is 10.2 Å². The molecule has 39 heavy (non-hydrogen) atoms. The van der Waals surface area contributed by atoms with Gasteiger partial charge in [-0.1, -0.05) is 47.1 Å². The van der Waals surface area contributed by atoms with E-state index in [0.717, 1.165) is 67.9 Å². The number of carbonyl (C=O) groups excluding carboxylic acids is 1. The Kier molecular flexibility index (Phi) is 11.4. The summed E-state index contributed by atoms with van der Waals surface area (Å²) in [5.74, 6) is 1.73. The zero-order chi connectivity index (χ0) is 28.6. The van der Waals surface area contributed by atoms with Gasteiger partial charge in [0.2, 0.25) is 11.9 Å². The van der Waals surface area contributed by atoms with Gasteiger partial charge >= 0.3 is 0 Å². The van der Waals surface area contributed by atoms with E-state index in [1.54, 1.807) is 31.0 Å². The molecule has 3 aliphatic rings. The molecule has 1 aliphatic carbocycles. The van der Waals surface area contributed by atoms with Crippen LogP contribution in [0.25, 0.3) is 0 Å². The zero-order valence-corrected chi connectivity index (χ0v) is 25.3. The van der Waals surface area contributed by atoms with Gasteiger partial charge in [0.25, 0.3) is 0 Å². The number of nitrogens with zero attached hydrogens (tertiary/aromatic N) is 4. The maximum atomic E-state index is 13.5. The number of piperidine rings is 1. The molecule has 0 radical (unpaired) electrons. The van der Waals surface area contributed by atoms with Gasteiger partial charge in [-0.15, -0.1) is 0 Å². The third kappa shape index (κ3) is 7.24. The molecule has 1 spiro atoms. The van der Waals surface area contributed by atoms with E-state index in [-0.39, 0.29) is 23.7 Å². The van der Waals surface area contributed by atoms with E-state index in [2.05, 4.69) is 21.5 Å². The van der Waals surface area contributed by atoms with Crippen molar-refractivity contribution in [2.75, 3.05) is 23.3 Å². The van der Waals surface area contributed by atoms with Crippen molar-refractivity contribution in [3.63, 3.8) is 0 Å². The van der Waals surface area contributed by atoms with E-state index in [0.29, 0.717) is 12.4 Å². The molecule has 8 nitrogen and oxygen atoms in total. The van der Waals surface area contributed by atoms with Gasteiger partial charge in [0.05, 0.1) is 11.5 Å². The van der Waals surface area contributed by atoms with Crippen LogP contribution >= 0.6 is 11.9 Å². The van der Waals surface area contributed by atoms with Crippen molar-refractivity contribution in [3.8, 4) is 5.75 Å². The lowest BCUT2D eigenvalue weighted by atomic mass is 10.0. The highest BCUT2D eigenvalue weighted by Gasteiger charge is 2.61. The second kappa shape index (κ2) is 14.3. The minimum absolute atomic E-state index is 0.0494. The van der Waals surface area contributed by atoms with Crippen LogP contribution in [0.1, 0.15) is 92.1 Å². The van der Waals surface area contributed by atoms with Gasteiger partial charge in [0.15, 0.2) is 0 Å². The second-order valence-electron chi connectivity index (χ2n) is 10.2. The van der Waals surface area contributed by atoms with Gasteiger partial charge in [0.1, 0.15) is 11.6 Å². The molecule has 1 amide bonds. The number of hydrogen-bond donors (Lipinski definition) is 3. The Morgan fingerprint density at radius 2 is 1.87 bits per heavy atom. The van der Waals surface area contributed by atoms with Crippen molar-refractivity contribution in [2.45, 2.75) is 115 Å². The molecule has 2 fully saturated rings. The summed E-state index contributed by atoms with van der Waals surface area (Å²) in [4.78, 5) is 25.9. The molecule has 1 unspecified atom stereocenters. The van der Waals surface area contributed by atoms with Crippen molar-refractivity contribution < 1.29 is 15.0 Å². The summed E-state index contributed by atoms with van der Waals surface area (Å²) in [6, 6.07) is 7.56. The summed E-state index contributed by atoms with van der Waals surface area (Å²) in [5, 5.41) is 23.3. The summed E-state index contributed by atoms with van der Waals surface area (Å²) in [7, 11) is 0. The van der Waals surface area contributed by atoms with Crippen LogP contribution in [0, 0.1) is 0 Å². The van der Waals surface area contributed by atoms with Gasteiger partial charge < -0.3 is 15.5 Å². The molecule has 9 heteroatoms. The van der Waals surface area contributed by atoms with E-state index < -0.39 is 11.5 Å². The lowest BCUT2D eigenvalue weighted by molar-refractivity contribution is -0.120. The number of phenols is 1. The maximum Gasteiger partial charge on any atom is 0.239 e. The van der Waals surface area contributed by atoms with E-state index in [4.69, 9.17) is 4.98 Å². The van der Waals surface area contributed by atoms with E-state index in [1.807, 2.05) is 50.9 Å². The molecular weight excluding hydrogens is 510 g/mol. The van der Waals surface area contributed by atoms with Gasteiger partial charge in [-0.25, -0.2) is 9.29 Å². The lowest BCUT2D eigenvalue weighted by Gasteiger charge is -2.32. The van der Waals surface area contributed by atoms with Gasteiger partial charge in [-0.3, -0.25) is 9.69 Å². The van der Waals surface area contributed by atoms with Crippen molar-refractivity contribution >= 4 is 29.6 Å². The fourth-order valence-electron chi connectivity index (χ4n) is 5.40. The SMILES string of the molecule is CC.CC.CCCC(C[C@@H](C)O)N1C(=O)C2(CC2)c2cnc(NC3CCN(Sc4cccc(O)c4)CC3)nc21. The Hall–Kier alpha value is -2.36. The summed E-state index contributed by atoms with van der Waals surface area (Å²) >= 11 is 1.67. The standard InChI is InChI=1S/C26H35N5O3S.2C2H6/c1-3-5-19(14-17(2)32)31-23-22(26(10-11-26)24(31)34)16-27-25(29-23)28-18-8-12-30(13-9-18)35-21-7-4-6-20(33)15-21;2*1-2/h4,6-7,15-19,32-33H,3,5,8-14H2,1-2H3,(H,27,28,29);2*1-2H3/t17-,19?;;/m1../s1. The molecule has 3 heterocycles. The normalized spacial score (nSPS) is 19.4. The Bertz CT molecular complexity index is 1070. The summed E-state index contributed by atoms with van der Waals surface area (Å²) < 4.78 is 2.32. The first-order valence-corrected chi connectivity index (χ1v) is 15.5. The Balaban J connectivity index is 0.00000100. The van der Waals surface area contributed by atoms with Crippen LogP contribution in [0.2, 0.25) is 0 Å². The minimum Gasteiger partial charge on any atom is -0.508 e. The maximum absolute atomic E-state index is 13.5. The number of rotatable bonds is 9. The first-order valence-electron chi connectivity index (χ1n) is 14.8. The first kappa shape index (κ1) is 31.2. The predicted molar refractivity (Wildman–Crippen MR) is 160 cm³/mol. The number of phenolic OH excluding ortho intramolecular Hbond substituents is 1. The fourth-order valence-corrected chi connectivity index (χ4v) is 6.40. The highest BCUT2D eigenvalue weighted by molar-refractivity contribution is 7.97. The van der Waals surface area contributed by atoms with E-state index in [9.17, 15) is 15.0 Å². The molecule has 1 saturated heterocycles. The number of fused-ring (bicyclic) bond motifs is 2. The van der Waals surface area contributed by atoms with Crippen molar-refractivity contribution in [2.24, 2.45) is 0 Å². The highest BCUT2D eigenvalue weighted by atomic mass is 32.2. The Morgan fingerprint density at radius 3 is 2.46 bits per heavy atom. The molecule has 5 rings (SSSR count). The summed E-state index contributed by atoms with van der Waals surface area (Å²) in [5.41, 5.74) is 0.518. The molecule has 2 aliphatic heterocycles. The molecule has 2 aromatic rings. The van der Waals surface area contributed by atoms with Crippen molar-refractivity contribution in [1.29, 1.82) is 0 Å². The molecule has 0 bridgehead atoms. The number of aliphatic hydroxyl groups is 1. The molecule has 1 saturated carbocycles. The van der Waals surface area contributed by atoms with Gasteiger partial charge in [-0.05, 0) is 75.6 Å². The lowest BCUT2D eigenvalue weighted by Crippen LogP contribution is -2.42. The zero-order valence-electron chi connectivity index (χ0n) is 24.5. The molecule has 3 N–H and O–H groups in total. The number of aromatic nitrogens is 2. The third-order valence-electron chi connectivity index (χ3n) is 7.33. The van der Waals surface area contributed by atoms with Crippen LogP contribution in [-0.4, -0.2) is 61.7 Å². The number of hydrogen-bond acceptors (Lipinski definition) is 8. The largest absolute Gasteiger partial charge is 0.508 e. The topological polar surface area (TPSA) is 102 Å². The van der Waals surface area contributed by atoms with Crippen molar-refractivity contribution in [3.05, 3.63) is 36.0 Å². The van der Waals surface area contributed by atoms with E-state index >= 15 is 0 Å². The number of nitrogens with one attached hydrogen (secondary N) is 1. The summed E-state index contributed by atoms with van der Waals surface area (Å²) in [6.45, 7) is 13.7. The highest BCUT2D eigenvalue weighted by Crippen LogP contribution is 2.57. The van der Waals surface area contributed by atoms with Crippen LogP contribution in [-0.2, 0) is 10.2 Å². The third-order valence-corrected chi connectivity index (χ3v) is 8.42. The first-order chi connectivity index (χ1) is 18.9. The average molecular weight is 558 g/mol. The Labute approximate surface area is 238 Å². The molecule has 1 aromatic carbocycles. The van der Waals surface area contributed by atoms with Crippen LogP contribution in [0.15, 0.2) is 35.4 Å². The van der Waals surface area contributed by atoms with Crippen LogP contribution in [0.5, 0.6) is 5.75 Å². The van der Waals surface area contributed by atoms with Gasteiger partial charge in [-0.2, -0.15) is 4.98 Å². The number of amides is 1. The number of benzene rings is 1. The van der Waals surface area contributed by atoms with Crippen LogP contribution in [0.3, 0.4) is 0 Å². The predicted octanol–water partition coefficient (Wildman–Crippen LogP) is 6.14. The fraction of sp³-hybridized carbons (Fsp3) is 0.633. The summed E-state index contributed by atoms with van der Waals surface area (Å²) in [6.07, 6.45) is 7.35. The number of aliphatic hydroxyl groups excluding tert-OH is 1. The van der Waals surface area contributed by atoms with Crippen molar-refractivity contribution in [1.82, 2.24) is 14.3 Å². The van der Waals surface area contributed by atoms with Gasteiger partial charge in [0, 0.05) is 41.8 Å². The number of carbonyl (C=O) groups is 1. The molecule has 1 aromatic heterocycles.